The Hall–Kier alpha value is -0.990. The highest BCUT2D eigenvalue weighted by Gasteiger charge is 2.07. The zero-order chi connectivity index (χ0) is 9.26. The summed E-state index contributed by atoms with van der Waals surface area (Å²) in [5, 5.41) is 1.01. The van der Waals surface area contributed by atoms with E-state index in [2.05, 4.69) is 9.97 Å². The third-order valence-electron chi connectivity index (χ3n) is 1.71. The molecule has 2 nitrogen and oxygen atoms in total. The minimum atomic E-state index is 0.490. The fraction of sp³-hybridized carbons (Fsp3) is 0. The van der Waals surface area contributed by atoms with Gasteiger partial charge in [0.25, 0.3) is 0 Å². The number of nitrogens with one attached hydrogen (secondary N) is 1. The van der Waals surface area contributed by atoms with Crippen LogP contribution in [0.4, 0.5) is 0 Å². The van der Waals surface area contributed by atoms with E-state index < -0.39 is 0 Å². The van der Waals surface area contributed by atoms with Gasteiger partial charge in [-0.25, -0.2) is 0 Å². The van der Waals surface area contributed by atoms with Gasteiger partial charge in [-0.15, -0.1) is 0 Å². The number of rotatable bonds is 1. The monoisotopic (exact) mass is 212 g/mol. The summed E-state index contributed by atoms with van der Waals surface area (Å²) in [6.45, 7) is 0. The summed E-state index contributed by atoms with van der Waals surface area (Å²) in [7, 11) is 0. The Labute approximate surface area is 85.5 Å². The predicted octanol–water partition coefficient (Wildman–Crippen LogP) is 3.38. The predicted molar refractivity (Wildman–Crippen MR) is 54.0 cm³/mol. The van der Waals surface area contributed by atoms with Crippen molar-refractivity contribution in [1.29, 1.82) is 0 Å². The first-order chi connectivity index (χ1) is 6.29. The summed E-state index contributed by atoms with van der Waals surface area (Å²) in [4.78, 5) is 7.08. The molecule has 0 fully saturated rings. The molecule has 0 unspecified atom stereocenters. The Kier molecular flexibility index (Phi) is 2.25. The van der Waals surface area contributed by atoms with Crippen LogP contribution in [0.15, 0.2) is 30.7 Å². The van der Waals surface area contributed by atoms with E-state index in [1.165, 1.54) is 0 Å². The van der Waals surface area contributed by atoms with Gasteiger partial charge in [0.1, 0.15) is 0 Å². The van der Waals surface area contributed by atoms with Gasteiger partial charge in [-0.05, 0) is 12.1 Å². The molecule has 0 amide bonds. The van der Waals surface area contributed by atoms with E-state index in [9.17, 15) is 0 Å². The number of halogens is 2. The first-order valence-corrected chi connectivity index (χ1v) is 4.48. The number of aromatic nitrogens is 2. The summed E-state index contributed by atoms with van der Waals surface area (Å²) in [5.74, 6) is 0. The number of hydrogen-bond acceptors (Lipinski definition) is 1. The Morgan fingerprint density at radius 1 is 1.23 bits per heavy atom. The molecular weight excluding hydrogens is 207 g/mol. The largest absolute Gasteiger partial charge is 0.367 e. The molecule has 2 aromatic heterocycles. The molecule has 1 N–H and O–H groups in total. The number of nitrogens with zero attached hydrogens (tertiary/aromatic N) is 1. The molecule has 4 heteroatoms. The maximum atomic E-state index is 5.98. The molecule has 0 aromatic carbocycles. The van der Waals surface area contributed by atoms with Crippen molar-refractivity contribution in [1.82, 2.24) is 9.97 Å². The van der Waals surface area contributed by atoms with E-state index >= 15 is 0 Å². The lowest BCUT2D eigenvalue weighted by Crippen LogP contribution is -1.82. The van der Waals surface area contributed by atoms with Crippen molar-refractivity contribution in [3.05, 3.63) is 40.8 Å². The maximum Gasteiger partial charge on any atom is 0.0918 e. The Bertz CT molecular complexity index is 410. The van der Waals surface area contributed by atoms with Gasteiger partial charge >= 0.3 is 0 Å². The Morgan fingerprint density at radius 3 is 2.77 bits per heavy atom. The van der Waals surface area contributed by atoms with Gasteiger partial charge in [0.15, 0.2) is 0 Å². The number of pyridine rings is 1. The molecule has 0 atom stereocenters. The smallest absolute Gasteiger partial charge is 0.0918 e. The second kappa shape index (κ2) is 3.40. The molecule has 0 aliphatic carbocycles. The highest BCUT2D eigenvalue weighted by Crippen LogP contribution is 2.30. The van der Waals surface area contributed by atoms with Gasteiger partial charge in [-0.3, -0.25) is 4.98 Å². The summed E-state index contributed by atoms with van der Waals surface area (Å²) < 4.78 is 0. The fourth-order valence-corrected chi connectivity index (χ4v) is 1.46. The number of H-pyrrole nitrogens is 1. The highest BCUT2D eigenvalue weighted by atomic mass is 35.5. The first-order valence-electron chi connectivity index (χ1n) is 3.72. The van der Waals surface area contributed by atoms with Crippen LogP contribution in [0.2, 0.25) is 10.0 Å². The second-order valence-electron chi connectivity index (χ2n) is 2.56. The first kappa shape index (κ1) is 8.60. The van der Waals surface area contributed by atoms with E-state index in [0.29, 0.717) is 15.7 Å². The molecule has 66 valence electrons. The highest BCUT2D eigenvalue weighted by molar-refractivity contribution is 6.43. The van der Waals surface area contributed by atoms with Crippen molar-refractivity contribution in [3.8, 4) is 11.3 Å². The van der Waals surface area contributed by atoms with E-state index in [1.54, 1.807) is 12.3 Å². The van der Waals surface area contributed by atoms with E-state index in [0.717, 1.165) is 5.56 Å². The molecule has 0 aliphatic rings. The van der Waals surface area contributed by atoms with Crippen LogP contribution in [0.1, 0.15) is 0 Å². The number of hydrogen-bond donors (Lipinski definition) is 1. The minimum Gasteiger partial charge on any atom is -0.367 e. The van der Waals surface area contributed by atoms with Crippen LogP contribution in [0.5, 0.6) is 0 Å². The molecule has 2 rings (SSSR count). The molecule has 13 heavy (non-hydrogen) atoms. The normalized spacial score (nSPS) is 10.3. The summed E-state index contributed by atoms with van der Waals surface area (Å²) in [5.41, 5.74) is 1.64. The third-order valence-corrected chi connectivity index (χ3v) is 2.51. The molecule has 0 bridgehead atoms. The molecular formula is C9H6Cl2N2. The Balaban J connectivity index is 2.59. The molecule has 0 aliphatic heterocycles. The SMILES string of the molecule is Clc1ccnc(-c2cc[nH]c2)c1Cl. The molecule has 0 saturated carbocycles. The lowest BCUT2D eigenvalue weighted by Gasteiger charge is -2.00. The van der Waals surface area contributed by atoms with Crippen LogP contribution in [0.25, 0.3) is 11.3 Å². The topological polar surface area (TPSA) is 28.7 Å². The van der Waals surface area contributed by atoms with Crippen molar-refractivity contribution >= 4 is 23.2 Å². The zero-order valence-corrected chi connectivity index (χ0v) is 8.10. The molecule has 0 saturated heterocycles. The molecule has 2 heterocycles. The average Bonchev–Trinajstić information content (AvgIpc) is 2.62. The van der Waals surface area contributed by atoms with Crippen molar-refractivity contribution in [2.75, 3.05) is 0 Å². The standard InChI is InChI=1S/C9H6Cl2N2/c10-7-2-4-13-9(8(7)11)6-1-3-12-5-6/h1-5,12H. The van der Waals surface area contributed by atoms with Crippen LogP contribution in [0.3, 0.4) is 0 Å². The van der Waals surface area contributed by atoms with Crippen LogP contribution >= 0.6 is 23.2 Å². The number of aromatic amines is 1. The summed E-state index contributed by atoms with van der Waals surface area (Å²) in [6.07, 6.45) is 5.27. The van der Waals surface area contributed by atoms with Crippen LogP contribution in [-0.2, 0) is 0 Å². The van der Waals surface area contributed by atoms with Crippen molar-refractivity contribution in [3.63, 3.8) is 0 Å². The zero-order valence-electron chi connectivity index (χ0n) is 6.59. The van der Waals surface area contributed by atoms with Gasteiger partial charge in [0, 0.05) is 24.2 Å². The summed E-state index contributed by atoms with van der Waals surface area (Å²) >= 11 is 11.8. The lowest BCUT2D eigenvalue weighted by atomic mass is 10.2. The lowest BCUT2D eigenvalue weighted by molar-refractivity contribution is 1.32. The third kappa shape index (κ3) is 1.55. The maximum absolute atomic E-state index is 5.98. The van der Waals surface area contributed by atoms with Crippen LogP contribution in [0, 0.1) is 0 Å². The minimum absolute atomic E-state index is 0.490. The second-order valence-corrected chi connectivity index (χ2v) is 3.34. The molecule has 0 radical (unpaired) electrons. The van der Waals surface area contributed by atoms with E-state index in [1.807, 2.05) is 18.5 Å². The Morgan fingerprint density at radius 2 is 2.08 bits per heavy atom. The average molecular weight is 213 g/mol. The van der Waals surface area contributed by atoms with Crippen molar-refractivity contribution in [2.24, 2.45) is 0 Å². The van der Waals surface area contributed by atoms with Crippen molar-refractivity contribution in [2.45, 2.75) is 0 Å². The van der Waals surface area contributed by atoms with E-state index in [-0.39, 0.29) is 0 Å². The quantitative estimate of drug-likeness (QED) is 0.772. The molecule has 2 aromatic rings. The van der Waals surface area contributed by atoms with Gasteiger partial charge in [-0.1, -0.05) is 23.2 Å². The van der Waals surface area contributed by atoms with Gasteiger partial charge in [-0.2, -0.15) is 0 Å². The van der Waals surface area contributed by atoms with Gasteiger partial charge < -0.3 is 4.98 Å². The van der Waals surface area contributed by atoms with Gasteiger partial charge in [0.2, 0.25) is 0 Å². The summed E-state index contributed by atoms with van der Waals surface area (Å²) in [6, 6.07) is 3.56. The van der Waals surface area contributed by atoms with Gasteiger partial charge in [0.05, 0.1) is 15.7 Å². The van der Waals surface area contributed by atoms with Crippen LogP contribution in [-0.4, -0.2) is 9.97 Å². The fourth-order valence-electron chi connectivity index (χ4n) is 1.09. The van der Waals surface area contributed by atoms with E-state index in [4.69, 9.17) is 23.2 Å². The van der Waals surface area contributed by atoms with Crippen molar-refractivity contribution < 1.29 is 0 Å². The van der Waals surface area contributed by atoms with Crippen LogP contribution < -0.4 is 0 Å². The molecule has 0 spiro atoms.